The van der Waals surface area contributed by atoms with Gasteiger partial charge in [-0.3, -0.25) is 4.79 Å². The summed E-state index contributed by atoms with van der Waals surface area (Å²) in [6, 6.07) is 2.17. The molecule has 0 aromatic rings. The van der Waals surface area contributed by atoms with Gasteiger partial charge in [-0.1, -0.05) is 39.2 Å². The van der Waals surface area contributed by atoms with E-state index in [1.54, 1.807) is 0 Å². The van der Waals surface area contributed by atoms with Crippen molar-refractivity contribution in [2.45, 2.75) is 71.6 Å². The summed E-state index contributed by atoms with van der Waals surface area (Å²) >= 11 is 0. The molecule has 0 heterocycles. The second-order valence-corrected chi connectivity index (χ2v) is 7.21. The SMILES string of the molecule is CC(C)CCC1(C(=O)NC2=CC(C#N)=CCC2)CCCCC1. The number of nitriles is 1. The highest BCUT2D eigenvalue weighted by Crippen LogP contribution is 2.41. The van der Waals surface area contributed by atoms with Crippen molar-refractivity contribution in [2.24, 2.45) is 11.3 Å². The Balaban J connectivity index is 2.07. The van der Waals surface area contributed by atoms with Gasteiger partial charge < -0.3 is 5.32 Å². The van der Waals surface area contributed by atoms with E-state index in [4.69, 9.17) is 5.26 Å². The van der Waals surface area contributed by atoms with Gasteiger partial charge in [0.25, 0.3) is 0 Å². The summed E-state index contributed by atoms with van der Waals surface area (Å²) in [6.45, 7) is 4.45. The molecule has 0 aliphatic heterocycles. The number of nitrogens with zero attached hydrogens (tertiary/aromatic N) is 1. The minimum Gasteiger partial charge on any atom is -0.329 e. The fraction of sp³-hybridized carbons (Fsp3) is 0.684. The summed E-state index contributed by atoms with van der Waals surface area (Å²) in [6.07, 6.45) is 13.1. The second kappa shape index (κ2) is 7.63. The van der Waals surface area contributed by atoms with Gasteiger partial charge in [-0.2, -0.15) is 5.26 Å². The highest BCUT2D eigenvalue weighted by Gasteiger charge is 2.39. The number of allylic oxidation sites excluding steroid dienone is 4. The molecule has 0 unspecified atom stereocenters. The molecule has 2 rings (SSSR count). The number of amides is 1. The maximum Gasteiger partial charge on any atom is 0.230 e. The maximum atomic E-state index is 12.9. The average Bonchev–Trinajstić information content (AvgIpc) is 2.54. The van der Waals surface area contributed by atoms with Gasteiger partial charge >= 0.3 is 0 Å². The quantitative estimate of drug-likeness (QED) is 0.805. The Morgan fingerprint density at radius 3 is 2.73 bits per heavy atom. The predicted octanol–water partition coefficient (Wildman–Crippen LogP) is 4.62. The molecule has 1 N–H and O–H groups in total. The Bertz CT molecular complexity index is 502. The maximum absolute atomic E-state index is 12.9. The Labute approximate surface area is 134 Å². The van der Waals surface area contributed by atoms with Gasteiger partial charge in [0.05, 0.1) is 6.07 Å². The van der Waals surface area contributed by atoms with E-state index < -0.39 is 0 Å². The predicted molar refractivity (Wildman–Crippen MR) is 88.7 cm³/mol. The van der Waals surface area contributed by atoms with E-state index in [1.165, 1.54) is 6.42 Å². The zero-order valence-corrected chi connectivity index (χ0v) is 14.0. The van der Waals surface area contributed by atoms with Crippen LogP contribution in [0.1, 0.15) is 71.6 Å². The van der Waals surface area contributed by atoms with Crippen LogP contribution in [0.4, 0.5) is 0 Å². The normalized spacial score (nSPS) is 20.8. The Morgan fingerprint density at radius 1 is 1.36 bits per heavy atom. The zero-order chi connectivity index (χ0) is 16.0. The summed E-state index contributed by atoms with van der Waals surface area (Å²) in [5.41, 5.74) is 1.40. The molecule has 0 aromatic heterocycles. The van der Waals surface area contributed by atoms with Crippen LogP contribution in [0.5, 0.6) is 0 Å². The molecule has 2 aliphatic rings. The second-order valence-electron chi connectivity index (χ2n) is 7.21. The van der Waals surface area contributed by atoms with Crippen LogP contribution in [-0.2, 0) is 4.79 Å². The lowest BCUT2D eigenvalue weighted by atomic mass is 9.69. The van der Waals surface area contributed by atoms with Crippen molar-refractivity contribution in [2.75, 3.05) is 0 Å². The topological polar surface area (TPSA) is 52.9 Å². The first kappa shape index (κ1) is 16.8. The first-order chi connectivity index (χ1) is 10.6. The largest absolute Gasteiger partial charge is 0.329 e. The number of rotatable bonds is 5. The molecule has 0 radical (unpaired) electrons. The van der Waals surface area contributed by atoms with Crippen LogP contribution in [0.25, 0.3) is 0 Å². The van der Waals surface area contributed by atoms with Crippen molar-refractivity contribution in [1.82, 2.24) is 5.32 Å². The van der Waals surface area contributed by atoms with E-state index in [2.05, 4.69) is 25.2 Å². The fourth-order valence-corrected chi connectivity index (χ4v) is 3.54. The minimum atomic E-state index is -0.183. The lowest BCUT2D eigenvalue weighted by molar-refractivity contribution is -0.133. The number of hydrogen-bond acceptors (Lipinski definition) is 2. The van der Waals surface area contributed by atoms with Crippen molar-refractivity contribution in [3.8, 4) is 6.07 Å². The van der Waals surface area contributed by atoms with E-state index in [1.807, 2.05) is 12.2 Å². The van der Waals surface area contributed by atoms with Crippen molar-refractivity contribution < 1.29 is 4.79 Å². The molecule has 1 amide bonds. The number of nitrogens with one attached hydrogen (secondary N) is 1. The third-order valence-corrected chi connectivity index (χ3v) is 5.00. The molecule has 120 valence electrons. The molecule has 1 saturated carbocycles. The van der Waals surface area contributed by atoms with Gasteiger partial charge in [-0.05, 0) is 50.5 Å². The Hall–Kier alpha value is -1.56. The van der Waals surface area contributed by atoms with Gasteiger partial charge in [0.15, 0.2) is 0 Å². The van der Waals surface area contributed by atoms with E-state index in [9.17, 15) is 4.79 Å². The van der Waals surface area contributed by atoms with Crippen LogP contribution in [0.2, 0.25) is 0 Å². The number of hydrogen-bond donors (Lipinski definition) is 1. The summed E-state index contributed by atoms with van der Waals surface area (Å²) < 4.78 is 0. The van der Waals surface area contributed by atoms with Crippen molar-refractivity contribution in [1.29, 1.82) is 5.26 Å². The van der Waals surface area contributed by atoms with E-state index in [0.717, 1.165) is 57.1 Å². The monoisotopic (exact) mass is 300 g/mol. The first-order valence-corrected chi connectivity index (χ1v) is 8.68. The van der Waals surface area contributed by atoms with Crippen LogP contribution in [0.15, 0.2) is 23.4 Å². The first-order valence-electron chi connectivity index (χ1n) is 8.68. The molecule has 1 fully saturated rings. The van der Waals surface area contributed by atoms with Gasteiger partial charge in [-0.25, -0.2) is 0 Å². The van der Waals surface area contributed by atoms with Crippen molar-refractivity contribution >= 4 is 5.91 Å². The molecule has 22 heavy (non-hydrogen) atoms. The van der Waals surface area contributed by atoms with Gasteiger partial charge in [0.1, 0.15) is 0 Å². The molecular weight excluding hydrogens is 272 g/mol. The third-order valence-electron chi connectivity index (χ3n) is 5.00. The van der Waals surface area contributed by atoms with Crippen molar-refractivity contribution in [3.05, 3.63) is 23.4 Å². The Kier molecular flexibility index (Phi) is 5.83. The molecular formula is C19H28N2O. The summed E-state index contributed by atoms with van der Waals surface area (Å²) in [5.74, 6) is 0.826. The molecule has 0 saturated heterocycles. The third kappa shape index (κ3) is 4.22. The highest BCUT2D eigenvalue weighted by molar-refractivity contribution is 5.84. The fourth-order valence-electron chi connectivity index (χ4n) is 3.54. The van der Waals surface area contributed by atoms with E-state index >= 15 is 0 Å². The molecule has 0 spiro atoms. The highest BCUT2D eigenvalue weighted by atomic mass is 16.2. The van der Waals surface area contributed by atoms with Crippen LogP contribution in [-0.4, -0.2) is 5.91 Å². The minimum absolute atomic E-state index is 0.183. The lowest BCUT2D eigenvalue weighted by Crippen LogP contribution is -2.42. The van der Waals surface area contributed by atoms with Gasteiger partial charge in [-0.15, -0.1) is 0 Å². The number of carbonyl (C=O) groups is 1. The zero-order valence-electron chi connectivity index (χ0n) is 14.0. The molecule has 0 bridgehead atoms. The number of carbonyl (C=O) groups excluding carboxylic acids is 1. The summed E-state index contributed by atoms with van der Waals surface area (Å²) in [5, 5.41) is 12.2. The van der Waals surface area contributed by atoms with Crippen LogP contribution in [0, 0.1) is 22.7 Å². The molecule has 3 heteroatoms. The molecule has 0 atom stereocenters. The van der Waals surface area contributed by atoms with E-state index in [0.29, 0.717) is 11.5 Å². The Morgan fingerprint density at radius 2 is 2.09 bits per heavy atom. The smallest absolute Gasteiger partial charge is 0.230 e. The van der Waals surface area contributed by atoms with Gasteiger partial charge in [0.2, 0.25) is 5.91 Å². The molecule has 0 aromatic carbocycles. The molecule has 3 nitrogen and oxygen atoms in total. The average molecular weight is 300 g/mol. The van der Waals surface area contributed by atoms with Crippen LogP contribution >= 0.6 is 0 Å². The lowest BCUT2D eigenvalue weighted by Gasteiger charge is -2.37. The summed E-state index contributed by atoms with van der Waals surface area (Å²) in [7, 11) is 0. The standard InChI is InChI=1S/C19H28N2O/c1-15(2)9-12-19(10-4-3-5-11-19)18(22)21-17-8-6-7-16(13-17)14-20/h7,13,15H,3-6,8-12H2,1-2H3,(H,21,22). The van der Waals surface area contributed by atoms with Crippen LogP contribution in [0.3, 0.4) is 0 Å². The van der Waals surface area contributed by atoms with E-state index in [-0.39, 0.29) is 11.3 Å². The van der Waals surface area contributed by atoms with Crippen LogP contribution < -0.4 is 5.32 Å². The summed E-state index contributed by atoms with van der Waals surface area (Å²) in [4.78, 5) is 12.9. The van der Waals surface area contributed by atoms with Crippen molar-refractivity contribution in [3.63, 3.8) is 0 Å². The van der Waals surface area contributed by atoms with Gasteiger partial charge in [0, 0.05) is 16.7 Å². The molecule has 2 aliphatic carbocycles.